The fourth-order valence-electron chi connectivity index (χ4n) is 2.35. The predicted octanol–water partition coefficient (Wildman–Crippen LogP) is 3.72. The van der Waals surface area contributed by atoms with Gasteiger partial charge >= 0.3 is 0 Å². The summed E-state index contributed by atoms with van der Waals surface area (Å²) in [4.78, 5) is 13.0. The Morgan fingerprint density at radius 3 is 2.60 bits per heavy atom. The van der Waals surface area contributed by atoms with Gasteiger partial charge in [-0.05, 0) is 30.7 Å². The van der Waals surface area contributed by atoms with Gasteiger partial charge in [-0.15, -0.1) is 0 Å². The molecule has 0 fully saturated rings. The summed E-state index contributed by atoms with van der Waals surface area (Å²) in [6.45, 7) is 2.29. The summed E-state index contributed by atoms with van der Waals surface area (Å²) < 4.78 is 14.0. The summed E-state index contributed by atoms with van der Waals surface area (Å²) in [5.41, 5.74) is 2.54. The van der Waals surface area contributed by atoms with Crippen molar-refractivity contribution in [3.63, 3.8) is 0 Å². The highest BCUT2D eigenvalue weighted by atomic mass is 19.1. The second-order valence-electron chi connectivity index (χ2n) is 5.43. The number of pyridine rings is 1. The van der Waals surface area contributed by atoms with Gasteiger partial charge in [0.2, 0.25) is 0 Å². The van der Waals surface area contributed by atoms with Crippen molar-refractivity contribution in [1.82, 2.24) is 15.0 Å². The van der Waals surface area contributed by atoms with E-state index in [1.54, 1.807) is 24.5 Å². The maximum absolute atomic E-state index is 14.0. The van der Waals surface area contributed by atoms with Crippen LogP contribution in [0.2, 0.25) is 0 Å². The fraction of sp³-hybridized carbons (Fsp3) is 0.158. The van der Waals surface area contributed by atoms with Gasteiger partial charge in [0, 0.05) is 41.8 Å². The maximum atomic E-state index is 14.0. The number of nitriles is 1. The first kappa shape index (κ1) is 16.5. The molecule has 5 nitrogen and oxygen atoms in total. The first-order chi connectivity index (χ1) is 12.2. The van der Waals surface area contributed by atoms with Gasteiger partial charge in [-0.1, -0.05) is 13.0 Å². The largest absolute Gasteiger partial charge is 0.366 e. The van der Waals surface area contributed by atoms with Crippen molar-refractivity contribution in [1.29, 1.82) is 5.26 Å². The molecule has 3 rings (SSSR count). The first-order valence-electron chi connectivity index (χ1n) is 7.90. The molecule has 0 radical (unpaired) electrons. The van der Waals surface area contributed by atoms with Crippen LogP contribution < -0.4 is 5.32 Å². The van der Waals surface area contributed by atoms with E-state index >= 15 is 0 Å². The average Bonchev–Trinajstić information content (AvgIpc) is 2.67. The zero-order valence-electron chi connectivity index (χ0n) is 13.7. The highest BCUT2D eigenvalue weighted by molar-refractivity contribution is 5.56. The molecule has 0 saturated carbocycles. The molecule has 0 aliphatic heterocycles. The summed E-state index contributed by atoms with van der Waals surface area (Å²) in [7, 11) is 0. The van der Waals surface area contributed by atoms with Crippen molar-refractivity contribution in [3.8, 4) is 17.5 Å². The molecule has 2 aromatic heterocycles. The SMILES string of the molecule is CCc1cc(NCc2ccc(C#N)cc2F)nc(-c2ccncc2)n1. The molecule has 0 saturated heterocycles. The lowest BCUT2D eigenvalue weighted by Gasteiger charge is -2.10. The van der Waals surface area contributed by atoms with Crippen molar-refractivity contribution in [2.24, 2.45) is 0 Å². The quantitative estimate of drug-likeness (QED) is 0.770. The summed E-state index contributed by atoms with van der Waals surface area (Å²) in [6, 6.07) is 11.9. The van der Waals surface area contributed by atoms with E-state index in [9.17, 15) is 4.39 Å². The molecule has 0 unspecified atom stereocenters. The average molecular weight is 333 g/mol. The van der Waals surface area contributed by atoms with Gasteiger partial charge in [0.25, 0.3) is 0 Å². The molecule has 3 aromatic rings. The topological polar surface area (TPSA) is 74.5 Å². The van der Waals surface area contributed by atoms with Crippen LogP contribution >= 0.6 is 0 Å². The number of anilines is 1. The number of rotatable bonds is 5. The van der Waals surface area contributed by atoms with Crippen LogP contribution in [0.25, 0.3) is 11.4 Å². The van der Waals surface area contributed by atoms with E-state index in [1.807, 2.05) is 31.2 Å². The van der Waals surface area contributed by atoms with E-state index in [0.717, 1.165) is 17.7 Å². The standard InChI is InChI=1S/C19H16FN5/c1-2-16-10-18(25-19(24-16)14-5-7-22-8-6-14)23-12-15-4-3-13(11-21)9-17(15)20/h3-10H,2,12H2,1H3,(H,23,24,25). The zero-order chi connectivity index (χ0) is 17.6. The molecular formula is C19H16FN5. The van der Waals surface area contributed by atoms with Crippen LogP contribution in [-0.4, -0.2) is 15.0 Å². The van der Waals surface area contributed by atoms with Gasteiger partial charge in [0.1, 0.15) is 11.6 Å². The van der Waals surface area contributed by atoms with Crippen LogP contribution in [0, 0.1) is 17.1 Å². The van der Waals surface area contributed by atoms with E-state index < -0.39 is 5.82 Å². The number of benzene rings is 1. The molecule has 25 heavy (non-hydrogen) atoms. The molecule has 0 spiro atoms. The molecule has 0 bridgehead atoms. The summed E-state index contributed by atoms with van der Waals surface area (Å²) in [5, 5.41) is 11.9. The number of nitrogens with one attached hydrogen (secondary N) is 1. The summed E-state index contributed by atoms with van der Waals surface area (Å²) in [6.07, 6.45) is 4.15. The third-order valence-corrected chi connectivity index (χ3v) is 3.72. The normalized spacial score (nSPS) is 10.3. The molecule has 1 aromatic carbocycles. The maximum Gasteiger partial charge on any atom is 0.161 e. The van der Waals surface area contributed by atoms with Crippen LogP contribution in [0.1, 0.15) is 23.7 Å². The Kier molecular flexibility index (Phi) is 4.95. The van der Waals surface area contributed by atoms with Gasteiger partial charge in [-0.2, -0.15) is 5.26 Å². The van der Waals surface area contributed by atoms with Crippen molar-refractivity contribution >= 4 is 5.82 Å². The molecule has 6 heteroatoms. The lowest BCUT2D eigenvalue weighted by Crippen LogP contribution is -2.06. The number of nitrogens with zero attached hydrogens (tertiary/aromatic N) is 4. The smallest absolute Gasteiger partial charge is 0.161 e. The lowest BCUT2D eigenvalue weighted by atomic mass is 10.1. The van der Waals surface area contributed by atoms with E-state index in [2.05, 4.69) is 20.3 Å². The molecule has 124 valence electrons. The highest BCUT2D eigenvalue weighted by Gasteiger charge is 2.08. The van der Waals surface area contributed by atoms with Crippen LogP contribution in [0.3, 0.4) is 0 Å². The first-order valence-corrected chi connectivity index (χ1v) is 7.90. The lowest BCUT2D eigenvalue weighted by molar-refractivity contribution is 0.612. The number of halogens is 1. The van der Waals surface area contributed by atoms with Crippen molar-refractivity contribution in [2.45, 2.75) is 19.9 Å². The van der Waals surface area contributed by atoms with E-state index in [0.29, 0.717) is 22.8 Å². The molecule has 0 aliphatic rings. The molecule has 0 amide bonds. The Morgan fingerprint density at radius 2 is 1.92 bits per heavy atom. The Labute approximate surface area is 145 Å². The Morgan fingerprint density at radius 1 is 1.12 bits per heavy atom. The number of hydrogen-bond donors (Lipinski definition) is 1. The van der Waals surface area contributed by atoms with Gasteiger partial charge < -0.3 is 5.32 Å². The van der Waals surface area contributed by atoms with Gasteiger partial charge in [0.15, 0.2) is 5.82 Å². The monoisotopic (exact) mass is 333 g/mol. The van der Waals surface area contributed by atoms with Crippen LogP contribution in [-0.2, 0) is 13.0 Å². The van der Waals surface area contributed by atoms with Crippen LogP contribution in [0.5, 0.6) is 0 Å². The third-order valence-electron chi connectivity index (χ3n) is 3.72. The van der Waals surface area contributed by atoms with Gasteiger partial charge in [-0.3, -0.25) is 4.98 Å². The Balaban J connectivity index is 1.84. The Hall–Kier alpha value is -3.33. The molecule has 1 N–H and O–H groups in total. The Bertz CT molecular complexity index is 919. The van der Waals surface area contributed by atoms with Crippen LogP contribution in [0.4, 0.5) is 10.2 Å². The zero-order valence-corrected chi connectivity index (χ0v) is 13.7. The van der Waals surface area contributed by atoms with Crippen molar-refractivity contribution < 1.29 is 4.39 Å². The number of aryl methyl sites for hydroxylation is 1. The van der Waals surface area contributed by atoms with E-state index in [-0.39, 0.29) is 6.54 Å². The van der Waals surface area contributed by atoms with Crippen molar-refractivity contribution in [2.75, 3.05) is 5.32 Å². The predicted molar refractivity (Wildman–Crippen MR) is 93.1 cm³/mol. The number of hydrogen-bond acceptors (Lipinski definition) is 5. The minimum Gasteiger partial charge on any atom is -0.366 e. The summed E-state index contributed by atoms with van der Waals surface area (Å²) in [5.74, 6) is 0.817. The molecular weight excluding hydrogens is 317 g/mol. The van der Waals surface area contributed by atoms with Crippen molar-refractivity contribution in [3.05, 3.63) is 71.4 Å². The van der Waals surface area contributed by atoms with E-state index in [1.165, 1.54) is 6.07 Å². The third kappa shape index (κ3) is 3.96. The van der Waals surface area contributed by atoms with Crippen LogP contribution in [0.15, 0.2) is 48.8 Å². The molecule has 2 heterocycles. The summed E-state index contributed by atoms with van der Waals surface area (Å²) >= 11 is 0. The van der Waals surface area contributed by atoms with E-state index in [4.69, 9.17) is 5.26 Å². The second kappa shape index (κ2) is 7.49. The fourth-order valence-corrected chi connectivity index (χ4v) is 2.35. The van der Waals surface area contributed by atoms with Gasteiger partial charge in [-0.25, -0.2) is 14.4 Å². The molecule has 0 atom stereocenters. The molecule has 0 aliphatic carbocycles. The van der Waals surface area contributed by atoms with Gasteiger partial charge in [0.05, 0.1) is 11.6 Å². The second-order valence-corrected chi connectivity index (χ2v) is 5.43. The highest BCUT2D eigenvalue weighted by Crippen LogP contribution is 2.19. The minimum absolute atomic E-state index is 0.271. The minimum atomic E-state index is -0.411. The number of aromatic nitrogens is 3.